The monoisotopic (exact) mass is 254 g/mol. The van der Waals surface area contributed by atoms with Gasteiger partial charge in [0.2, 0.25) is 5.82 Å². The van der Waals surface area contributed by atoms with Crippen LogP contribution in [0.15, 0.2) is 18.2 Å². The van der Waals surface area contributed by atoms with Crippen molar-refractivity contribution in [3.63, 3.8) is 0 Å². The summed E-state index contributed by atoms with van der Waals surface area (Å²) in [4.78, 5) is 10.1. The number of rotatable bonds is 4. The predicted octanol–water partition coefficient (Wildman–Crippen LogP) is 2.57. The number of hydrogen-bond donors (Lipinski definition) is 1. The van der Waals surface area contributed by atoms with Gasteiger partial charge in [-0.2, -0.15) is 4.39 Å². The number of benzene rings is 1. The minimum absolute atomic E-state index is 0.242. The van der Waals surface area contributed by atoms with E-state index in [1.165, 1.54) is 12.1 Å². The van der Waals surface area contributed by atoms with Crippen molar-refractivity contribution in [2.24, 2.45) is 5.92 Å². The maximum absolute atomic E-state index is 13.4. The normalized spacial score (nSPS) is 16.5. The molecule has 0 saturated carbocycles. The van der Waals surface area contributed by atoms with Crippen LogP contribution in [0.3, 0.4) is 0 Å². The molecule has 0 atom stereocenters. The molecule has 1 fully saturated rings. The molecule has 0 unspecified atom stereocenters. The standard InChI is InChI=1S/C12H15FN2O3/c13-10-2-1-3-11(12(10)15(16)17)14-8-9-4-6-18-7-5-9/h1-3,9,14H,4-8H2. The van der Waals surface area contributed by atoms with Crippen LogP contribution >= 0.6 is 0 Å². The van der Waals surface area contributed by atoms with Crippen molar-refractivity contribution in [2.45, 2.75) is 12.8 Å². The second-order valence-corrected chi connectivity index (χ2v) is 4.33. The Balaban J connectivity index is 2.04. The highest BCUT2D eigenvalue weighted by atomic mass is 19.1. The summed E-state index contributed by atoms with van der Waals surface area (Å²) in [6, 6.07) is 4.09. The first-order valence-electron chi connectivity index (χ1n) is 5.93. The van der Waals surface area contributed by atoms with Crippen LogP contribution < -0.4 is 5.32 Å². The topological polar surface area (TPSA) is 64.4 Å². The Morgan fingerprint density at radius 1 is 1.44 bits per heavy atom. The molecule has 1 saturated heterocycles. The molecule has 1 aliphatic rings. The minimum atomic E-state index is -0.808. The number of nitrogens with zero attached hydrogens (tertiary/aromatic N) is 1. The molecule has 1 aliphatic heterocycles. The van der Waals surface area contributed by atoms with E-state index in [-0.39, 0.29) is 5.69 Å². The summed E-state index contributed by atoms with van der Waals surface area (Å²) in [6.45, 7) is 2.04. The molecule has 18 heavy (non-hydrogen) atoms. The van der Waals surface area contributed by atoms with Crippen molar-refractivity contribution in [3.05, 3.63) is 34.1 Å². The molecule has 1 heterocycles. The lowest BCUT2D eigenvalue weighted by Gasteiger charge is -2.22. The number of hydrogen-bond acceptors (Lipinski definition) is 4. The fraction of sp³-hybridized carbons (Fsp3) is 0.500. The van der Waals surface area contributed by atoms with Crippen LogP contribution in [0.5, 0.6) is 0 Å². The van der Waals surface area contributed by atoms with Gasteiger partial charge >= 0.3 is 5.69 Å². The quantitative estimate of drug-likeness (QED) is 0.662. The van der Waals surface area contributed by atoms with Crippen molar-refractivity contribution in [3.8, 4) is 0 Å². The molecular weight excluding hydrogens is 239 g/mol. The lowest BCUT2D eigenvalue weighted by molar-refractivity contribution is -0.386. The lowest BCUT2D eigenvalue weighted by atomic mass is 10.0. The van der Waals surface area contributed by atoms with Gasteiger partial charge in [-0.05, 0) is 30.9 Å². The number of halogens is 1. The first-order chi connectivity index (χ1) is 8.68. The van der Waals surface area contributed by atoms with Gasteiger partial charge in [0, 0.05) is 19.8 Å². The van der Waals surface area contributed by atoms with Gasteiger partial charge in [0.15, 0.2) is 0 Å². The summed E-state index contributed by atoms with van der Waals surface area (Å²) in [5, 5.41) is 13.8. The number of ether oxygens (including phenoxy) is 1. The Morgan fingerprint density at radius 2 is 2.17 bits per heavy atom. The first-order valence-corrected chi connectivity index (χ1v) is 5.93. The molecule has 98 valence electrons. The fourth-order valence-corrected chi connectivity index (χ4v) is 2.05. The van der Waals surface area contributed by atoms with Crippen molar-refractivity contribution in [1.29, 1.82) is 0 Å². The zero-order chi connectivity index (χ0) is 13.0. The minimum Gasteiger partial charge on any atom is -0.381 e. The van der Waals surface area contributed by atoms with E-state index in [1.807, 2.05) is 0 Å². The van der Waals surface area contributed by atoms with Crippen LogP contribution in [0.25, 0.3) is 0 Å². The number of nitro groups is 1. The molecule has 0 aliphatic carbocycles. The van der Waals surface area contributed by atoms with E-state index in [2.05, 4.69) is 5.32 Å². The zero-order valence-electron chi connectivity index (χ0n) is 9.89. The van der Waals surface area contributed by atoms with E-state index >= 15 is 0 Å². The van der Waals surface area contributed by atoms with E-state index in [1.54, 1.807) is 0 Å². The number of nitrogens with one attached hydrogen (secondary N) is 1. The lowest BCUT2D eigenvalue weighted by Crippen LogP contribution is -2.23. The summed E-state index contributed by atoms with van der Waals surface area (Å²) in [6.07, 6.45) is 1.85. The smallest absolute Gasteiger partial charge is 0.327 e. The average molecular weight is 254 g/mol. The maximum atomic E-state index is 13.4. The molecule has 0 aromatic heterocycles. The Hall–Kier alpha value is -1.69. The summed E-state index contributed by atoms with van der Waals surface area (Å²) >= 11 is 0. The number of nitro benzene ring substituents is 1. The highest BCUT2D eigenvalue weighted by Gasteiger charge is 2.21. The van der Waals surface area contributed by atoms with Gasteiger partial charge in [-0.15, -0.1) is 0 Å². The third kappa shape index (κ3) is 2.95. The summed E-state index contributed by atoms with van der Waals surface area (Å²) in [7, 11) is 0. The molecule has 5 nitrogen and oxygen atoms in total. The SMILES string of the molecule is O=[N+]([O-])c1c(F)cccc1NCC1CCOCC1. The second kappa shape index (κ2) is 5.77. The summed E-state index contributed by atoms with van der Waals surface area (Å²) < 4.78 is 18.6. The molecule has 6 heteroatoms. The van der Waals surface area contributed by atoms with Crippen molar-refractivity contribution in [2.75, 3.05) is 25.1 Å². The number of para-hydroxylation sites is 1. The van der Waals surface area contributed by atoms with E-state index in [4.69, 9.17) is 4.74 Å². The molecule has 1 aromatic rings. The second-order valence-electron chi connectivity index (χ2n) is 4.33. The molecule has 2 rings (SSSR count). The molecule has 0 spiro atoms. The Kier molecular flexibility index (Phi) is 4.09. The van der Waals surface area contributed by atoms with E-state index in [0.29, 0.717) is 12.5 Å². The van der Waals surface area contributed by atoms with Crippen LogP contribution in [0.1, 0.15) is 12.8 Å². The predicted molar refractivity (Wildman–Crippen MR) is 65.1 cm³/mol. The number of anilines is 1. The van der Waals surface area contributed by atoms with E-state index in [0.717, 1.165) is 32.1 Å². The Labute approximate surface area is 104 Å². The Bertz CT molecular complexity index is 433. The zero-order valence-corrected chi connectivity index (χ0v) is 9.89. The highest BCUT2D eigenvalue weighted by Crippen LogP contribution is 2.28. The third-order valence-electron chi connectivity index (χ3n) is 3.09. The Morgan fingerprint density at radius 3 is 2.83 bits per heavy atom. The summed E-state index contributed by atoms with van der Waals surface area (Å²) in [5.41, 5.74) is -0.240. The van der Waals surface area contributed by atoms with Gasteiger partial charge in [0.05, 0.1) is 4.92 Å². The third-order valence-corrected chi connectivity index (χ3v) is 3.09. The van der Waals surface area contributed by atoms with E-state index in [9.17, 15) is 14.5 Å². The summed E-state index contributed by atoms with van der Waals surface area (Å²) in [5.74, 6) is -0.390. The van der Waals surface area contributed by atoms with Crippen LogP contribution in [-0.2, 0) is 4.74 Å². The maximum Gasteiger partial charge on any atom is 0.327 e. The molecule has 0 bridgehead atoms. The molecule has 0 radical (unpaired) electrons. The van der Waals surface area contributed by atoms with Crippen LogP contribution in [0.4, 0.5) is 15.8 Å². The largest absolute Gasteiger partial charge is 0.381 e. The fourth-order valence-electron chi connectivity index (χ4n) is 2.05. The van der Waals surface area contributed by atoms with Gasteiger partial charge in [-0.3, -0.25) is 10.1 Å². The van der Waals surface area contributed by atoms with Gasteiger partial charge in [0.25, 0.3) is 0 Å². The molecule has 1 aromatic carbocycles. The average Bonchev–Trinajstić information content (AvgIpc) is 2.37. The van der Waals surface area contributed by atoms with Crippen LogP contribution in [0.2, 0.25) is 0 Å². The van der Waals surface area contributed by atoms with Crippen molar-refractivity contribution in [1.82, 2.24) is 0 Å². The van der Waals surface area contributed by atoms with Gasteiger partial charge < -0.3 is 10.1 Å². The molecular formula is C12H15FN2O3. The molecule has 0 amide bonds. The van der Waals surface area contributed by atoms with Crippen molar-refractivity contribution < 1.29 is 14.1 Å². The van der Waals surface area contributed by atoms with Gasteiger partial charge in [0.1, 0.15) is 5.69 Å². The van der Waals surface area contributed by atoms with Gasteiger partial charge in [-0.25, -0.2) is 0 Å². The molecule has 1 N–H and O–H groups in total. The van der Waals surface area contributed by atoms with Crippen molar-refractivity contribution >= 4 is 11.4 Å². The van der Waals surface area contributed by atoms with Gasteiger partial charge in [-0.1, -0.05) is 6.07 Å². The highest BCUT2D eigenvalue weighted by molar-refractivity contribution is 5.61. The van der Waals surface area contributed by atoms with Crippen LogP contribution in [0, 0.1) is 21.8 Å². The van der Waals surface area contributed by atoms with E-state index < -0.39 is 16.4 Å². The first kappa shape index (κ1) is 12.8. The van der Waals surface area contributed by atoms with Crippen LogP contribution in [-0.4, -0.2) is 24.7 Å².